The summed E-state index contributed by atoms with van der Waals surface area (Å²) in [5.74, 6) is 5.35. The molecule has 3 fully saturated rings. The van der Waals surface area contributed by atoms with Crippen LogP contribution in [0.15, 0.2) is 16.8 Å². The van der Waals surface area contributed by atoms with Crippen molar-refractivity contribution in [1.82, 2.24) is 0 Å². The molecule has 4 aliphatic rings. The van der Waals surface area contributed by atoms with Gasteiger partial charge in [0.05, 0.1) is 0 Å². The van der Waals surface area contributed by atoms with Crippen LogP contribution in [0.2, 0.25) is 0 Å². The molecular weight excluding hydrogens is 366 g/mol. The average molecular weight is 412 g/mol. The van der Waals surface area contributed by atoms with Crippen molar-refractivity contribution in [3.05, 3.63) is 22.1 Å². The Morgan fingerprint density at radius 2 is 1.87 bits per heavy atom. The zero-order valence-electron chi connectivity index (χ0n) is 20.2. The summed E-state index contributed by atoms with van der Waals surface area (Å²) in [7, 11) is 0. The van der Waals surface area contributed by atoms with Crippen molar-refractivity contribution in [2.24, 2.45) is 51.5 Å². The summed E-state index contributed by atoms with van der Waals surface area (Å²) in [5.41, 5.74) is 11.5. The Morgan fingerprint density at radius 1 is 1.07 bits per heavy atom. The molecule has 0 spiro atoms. The monoisotopic (exact) mass is 411 g/mol. The van der Waals surface area contributed by atoms with Gasteiger partial charge >= 0.3 is 0 Å². The molecule has 0 N–H and O–H groups in total. The molecule has 0 aromatic rings. The lowest BCUT2D eigenvalue weighted by Gasteiger charge is -2.58. The first kappa shape index (κ1) is 22.3. The number of azide groups is 1. The number of allylic oxidation sites excluding steroid dienone is 1. The van der Waals surface area contributed by atoms with Crippen molar-refractivity contribution in [2.45, 2.75) is 111 Å². The molecule has 0 aromatic carbocycles. The van der Waals surface area contributed by atoms with Crippen LogP contribution in [0, 0.1) is 46.3 Å². The lowest BCUT2D eigenvalue weighted by molar-refractivity contribution is -0.0508. The maximum atomic E-state index is 8.89. The summed E-state index contributed by atoms with van der Waals surface area (Å²) in [6, 6.07) is 0.197. The van der Waals surface area contributed by atoms with Crippen LogP contribution in [0.1, 0.15) is 105 Å². The molecule has 0 aromatic heterocycles. The SMILES string of the molecule is CC(C)CCC[C@@H](C)[C@H]1CCC2C3CC=C4C[C@@H](N=[N+]=[N-])CC[C@]4(C)C3CC[C@@]21C. The summed E-state index contributed by atoms with van der Waals surface area (Å²) in [6.45, 7) is 12.5. The van der Waals surface area contributed by atoms with Crippen molar-refractivity contribution in [3.8, 4) is 0 Å². The lowest BCUT2D eigenvalue weighted by atomic mass is 9.47. The van der Waals surface area contributed by atoms with Gasteiger partial charge in [0, 0.05) is 11.0 Å². The van der Waals surface area contributed by atoms with Gasteiger partial charge in [-0.3, -0.25) is 0 Å². The lowest BCUT2D eigenvalue weighted by Crippen LogP contribution is -2.50. The largest absolute Gasteiger partial charge is 0.0903 e. The van der Waals surface area contributed by atoms with Crippen LogP contribution < -0.4 is 0 Å². The van der Waals surface area contributed by atoms with E-state index in [0.717, 1.165) is 48.3 Å². The number of fused-ring (bicyclic) bond motifs is 5. The summed E-state index contributed by atoms with van der Waals surface area (Å²) >= 11 is 0. The zero-order chi connectivity index (χ0) is 21.5. The smallest absolute Gasteiger partial charge is 0.0411 e. The summed E-state index contributed by atoms with van der Waals surface area (Å²) < 4.78 is 0. The minimum atomic E-state index is 0.197. The van der Waals surface area contributed by atoms with Gasteiger partial charge in [-0.2, -0.15) is 0 Å². The third-order valence-electron chi connectivity index (χ3n) is 10.5. The molecule has 3 unspecified atom stereocenters. The highest BCUT2D eigenvalue weighted by Gasteiger charge is 2.59. The Bertz CT molecular complexity index is 705. The molecule has 0 saturated heterocycles. The van der Waals surface area contributed by atoms with E-state index >= 15 is 0 Å². The van der Waals surface area contributed by atoms with Gasteiger partial charge in [-0.1, -0.05) is 70.6 Å². The molecule has 0 radical (unpaired) electrons. The molecular formula is C27H45N3. The van der Waals surface area contributed by atoms with Gasteiger partial charge in [0.1, 0.15) is 0 Å². The molecule has 0 amide bonds. The molecule has 0 heterocycles. The highest BCUT2D eigenvalue weighted by Crippen LogP contribution is 2.67. The van der Waals surface area contributed by atoms with Crippen molar-refractivity contribution in [1.29, 1.82) is 0 Å². The molecule has 3 saturated carbocycles. The maximum Gasteiger partial charge on any atom is 0.0411 e. The van der Waals surface area contributed by atoms with Crippen molar-refractivity contribution < 1.29 is 0 Å². The van der Waals surface area contributed by atoms with Crippen LogP contribution in [0.5, 0.6) is 0 Å². The van der Waals surface area contributed by atoms with Crippen LogP contribution in [-0.2, 0) is 0 Å². The third-order valence-corrected chi connectivity index (χ3v) is 10.5. The Morgan fingerprint density at radius 3 is 2.60 bits per heavy atom. The molecule has 3 heteroatoms. The van der Waals surface area contributed by atoms with Gasteiger partial charge in [-0.25, -0.2) is 0 Å². The highest BCUT2D eigenvalue weighted by molar-refractivity contribution is 5.26. The number of hydrogen-bond acceptors (Lipinski definition) is 1. The van der Waals surface area contributed by atoms with E-state index in [0.29, 0.717) is 10.8 Å². The third kappa shape index (κ3) is 3.74. The molecule has 30 heavy (non-hydrogen) atoms. The van der Waals surface area contributed by atoms with E-state index in [9.17, 15) is 0 Å². The van der Waals surface area contributed by atoms with Gasteiger partial charge in [-0.15, -0.1) is 0 Å². The molecule has 4 aliphatic carbocycles. The fourth-order valence-electron chi connectivity index (χ4n) is 8.84. The van der Waals surface area contributed by atoms with Crippen LogP contribution in [0.4, 0.5) is 0 Å². The second-order valence-corrected chi connectivity index (χ2v) is 12.4. The van der Waals surface area contributed by atoms with Crippen LogP contribution in [0.3, 0.4) is 0 Å². The molecule has 3 nitrogen and oxygen atoms in total. The van der Waals surface area contributed by atoms with Crippen LogP contribution >= 0.6 is 0 Å². The number of hydrogen-bond donors (Lipinski definition) is 0. The molecule has 4 rings (SSSR count). The fourth-order valence-corrected chi connectivity index (χ4v) is 8.84. The van der Waals surface area contributed by atoms with Crippen molar-refractivity contribution in [2.75, 3.05) is 0 Å². The molecule has 0 bridgehead atoms. The quantitative estimate of drug-likeness (QED) is 0.182. The summed E-state index contributed by atoms with van der Waals surface area (Å²) in [5, 5.41) is 4.08. The molecule has 8 atom stereocenters. The first-order chi connectivity index (χ1) is 14.3. The van der Waals surface area contributed by atoms with Gasteiger partial charge in [0.15, 0.2) is 0 Å². The summed E-state index contributed by atoms with van der Waals surface area (Å²) in [4.78, 5) is 3.11. The minimum absolute atomic E-state index is 0.197. The summed E-state index contributed by atoms with van der Waals surface area (Å²) in [6.07, 6.45) is 17.3. The fraction of sp³-hybridized carbons (Fsp3) is 0.926. The average Bonchev–Trinajstić information content (AvgIpc) is 3.05. The first-order valence-corrected chi connectivity index (χ1v) is 13.0. The standard InChI is InChI=1S/C27H45N3/c1-18(2)7-6-8-19(3)23-11-12-24-22-10-9-20-17-21(29-30-28)13-15-26(20,4)25(22)14-16-27(23,24)5/h9,18-19,21-25H,6-8,10-17H2,1-5H3/t19-,21+,22?,23-,24?,25?,26+,27-/m1/s1. The minimum Gasteiger partial charge on any atom is -0.0903 e. The Hall–Kier alpha value is -0.950. The second-order valence-electron chi connectivity index (χ2n) is 12.4. The van der Waals surface area contributed by atoms with E-state index in [1.165, 1.54) is 57.8 Å². The Balaban J connectivity index is 1.49. The Labute approximate surface area is 185 Å². The van der Waals surface area contributed by atoms with Gasteiger partial charge in [-0.05, 0) is 103 Å². The van der Waals surface area contributed by atoms with Crippen LogP contribution in [-0.4, -0.2) is 6.04 Å². The highest BCUT2D eigenvalue weighted by atomic mass is 15.1. The van der Waals surface area contributed by atoms with E-state index < -0.39 is 0 Å². The van der Waals surface area contributed by atoms with Gasteiger partial charge in [0.25, 0.3) is 0 Å². The predicted octanol–water partition coefficient (Wildman–Crippen LogP) is 8.71. The molecule has 0 aliphatic heterocycles. The molecule has 168 valence electrons. The van der Waals surface area contributed by atoms with Crippen molar-refractivity contribution >= 4 is 0 Å². The van der Waals surface area contributed by atoms with E-state index in [1.807, 2.05) is 0 Å². The topological polar surface area (TPSA) is 48.8 Å². The second kappa shape index (κ2) is 8.53. The zero-order valence-corrected chi connectivity index (χ0v) is 20.2. The predicted molar refractivity (Wildman–Crippen MR) is 126 cm³/mol. The number of rotatable bonds is 6. The van der Waals surface area contributed by atoms with Gasteiger partial charge in [0.2, 0.25) is 0 Å². The maximum absolute atomic E-state index is 8.89. The van der Waals surface area contributed by atoms with E-state index in [4.69, 9.17) is 5.53 Å². The van der Waals surface area contributed by atoms with Gasteiger partial charge < -0.3 is 0 Å². The van der Waals surface area contributed by atoms with E-state index in [-0.39, 0.29) is 6.04 Å². The van der Waals surface area contributed by atoms with E-state index in [1.54, 1.807) is 5.57 Å². The van der Waals surface area contributed by atoms with Crippen molar-refractivity contribution in [3.63, 3.8) is 0 Å². The number of nitrogens with zero attached hydrogens (tertiary/aromatic N) is 3. The van der Waals surface area contributed by atoms with E-state index in [2.05, 4.69) is 50.7 Å². The van der Waals surface area contributed by atoms with Crippen LogP contribution in [0.25, 0.3) is 10.4 Å². The Kier molecular flexibility index (Phi) is 6.33. The first-order valence-electron chi connectivity index (χ1n) is 13.0. The normalized spacial score (nSPS) is 43.8.